The molecule has 0 aliphatic carbocycles. The van der Waals surface area contributed by atoms with Crippen LogP contribution in [-0.4, -0.2) is 30.6 Å². The molecule has 0 aliphatic rings. The highest BCUT2D eigenvalue weighted by atomic mass is 16.5. The predicted octanol–water partition coefficient (Wildman–Crippen LogP) is 0.290. The van der Waals surface area contributed by atoms with E-state index in [0.717, 1.165) is 5.82 Å². The highest BCUT2D eigenvalue weighted by Gasteiger charge is 2.09. The van der Waals surface area contributed by atoms with Crippen LogP contribution in [0.3, 0.4) is 0 Å². The number of aromatic nitrogens is 5. The number of nitrogens with zero attached hydrogens (tertiary/aromatic N) is 5. The molecule has 2 heterocycles. The van der Waals surface area contributed by atoms with Crippen molar-refractivity contribution in [3.8, 4) is 6.01 Å². The maximum atomic E-state index is 5.44. The van der Waals surface area contributed by atoms with E-state index in [1.165, 1.54) is 0 Å². The molecule has 0 radical (unpaired) electrons. The Bertz CT molecular complexity index is 567. The van der Waals surface area contributed by atoms with Gasteiger partial charge in [0.1, 0.15) is 5.82 Å². The fourth-order valence-corrected chi connectivity index (χ4v) is 1.49. The molecule has 2 aromatic heterocycles. The van der Waals surface area contributed by atoms with Crippen molar-refractivity contribution < 1.29 is 4.74 Å². The van der Waals surface area contributed by atoms with Crippen molar-refractivity contribution in [3.63, 3.8) is 0 Å². The van der Waals surface area contributed by atoms with E-state index in [9.17, 15) is 0 Å². The SMILES string of the molecule is CC(C)Oc1nc(NN)nc(NCc2nccn2C)n1. The van der Waals surface area contributed by atoms with E-state index < -0.39 is 0 Å². The van der Waals surface area contributed by atoms with Crippen molar-refractivity contribution in [1.29, 1.82) is 0 Å². The summed E-state index contributed by atoms with van der Waals surface area (Å²) in [5, 5.41) is 3.06. The van der Waals surface area contributed by atoms with Crippen LogP contribution in [0.25, 0.3) is 0 Å². The van der Waals surface area contributed by atoms with Gasteiger partial charge in [0, 0.05) is 19.4 Å². The van der Waals surface area contributed by atoms with E-state index in [2.05, 4.69) is 30.7 Å². The zero-order valence-electron chi connectivity index (χ0n) is 11.7. The van der Waals surface area contributed by atoms with E-state index in [1.807, 2.05) is 31.7 Å². The molecule has 0 amide bonds. The number of imidazole rings is 1. The average molecular weight is 278 g/mol. The van der Waals surface area contributed by atoms with Crippen LogP contribution >= 0.6 is 0 Å². The van der Waals surface area contributed by atoms with E-state index in [1.54, 1.807) is 6.20 Å². The molecule has 2 aromatic rings. The number of anilines is 2. The molecule has 0 aliphatic heterocycles. The molecule has 20 heavy (non-hydrogen) atoms. The summed E-state index contributed by atoms with van der Waals surface area (Å²) in [6.07, 6.45) is 3.56. The summed E-state index contributed by atoms with van der Waals surface area (Å²) in [6.45, 7) is 4.26. The molecule has 9 nitrogen and oxygen atoms in total. The Balaban J connectivity index is 2.12. The molecule has 0 aromatic carbocycles. The molecule has 108 valence electrons. The minimum atomic E-state index is -0.0367. The maximum Gasteiger partial charge on any atom is 0.323 e. The Hall–Kier alpha value is -2.42. The van der Waals surface area contributed by atoms with E-state index >= 15 is 0 Å². The lowest BCUT2D eigenvalue weighted by Gasteiger charge is -2.11. The lowest BCUT2D eigenvalue weighted by atomic mass is 10.5. The number of nitrogens with two attached hydrogens (primary N) is 1. The van der Waals surface area contributed by atoms with Gasteiger partial charge in [-0.2, -0.15) is 15.0 Å². The number of ether oxygens (including phenoxy) is 1. The minimum Gasteiger partial charge on any atom is -0.461 e. The largest absolute Gasteiger partial charge is 0.461 e. The molecular formula is C11H18N8O. The third-order valence-electron chi connectivity index (χ3n) is 2.41. The summed E-state index contributed by atoms with van der Waals surface area (Å²) in [4.78, 5) is 16.5. The van der Waals surface area contributed by atoms with Gasteiger partial charge in [0.15, 0.2) is 0 Å². The van der Waals surface area contributed by atoms with E-state index in [4.69, 9.17) is 10.6 Å². The highest BCUT2D eigenvalue weighted by molar-refractivity contribution is 5.35. The number of hydrogen-bond donors (Lipinski definition) is 3. The van der Waals surface area contributed by atoms with Gasteiger partial charge in [0.25, 0.3) is 0 Å². The smallest absolute Gasteiger partial charge is 0.323 e. The molecule has 0 spiro atoms. The topological polar surface area (TPSA) is 116 Å². The number of nitrogens with one attached hydrogen (secondary N) is 2. The summed E-state index contributed by atoms with van der Waals surface area (Å²) >= 11 is 0. The van der Waals surface area contributed by atoms with Crippen LogP contribution in [0.1, 0.15) is 19.7 Å². The quantitative estimate of drug-likeness (QED) is 0.510. The van der Waals surface area contributed by atoms with Crippen molar-refractivity contribution in [2.24, 2.45) is 12.9 Å². The highest BCUT2D eigenvalue weighted by Crippen LogP contribution is 2.12. The zero-order valence-corrected chi connectivity index (χ0v) is 11.7. The van der Waals surface area contributed by atoms with Crippen LogP contribution in [0, 0.1) is 0 Å². The van der Waals surface area contributed by atoms with Gasteiger partial charge in [-0.25, -0.2) is 10.8 Å². The third-order valence-corrected chi connectivity index (χ3v) is 2.41. The zero-order chi connectivity index (χ0) is 14.5. The Morgan fingerprint density at radius 3 is 2.65 bits per heavy atom. The molecule has 0 fully saturated rings. The predicted molar refractivity (Wildman–Crippen MR) is 73.9 cm³/mol. The van der Waals surface area contributed by atoms with Crippen LogP contribution < -0.4 is 21.3 Å². The fraction of sp³-hybridized carbons (Fsp3) is 0.455. The first-order valence-electron chi connectivity index (χ1n) is 6.18. The molecule has 0 saturated carbocycles. The summed E-state index contributed by atoms with van der Waals surface area (Å²) in [5.41, 5.74) is 2.38. The lowest BCUT2D eigenvalue weighted by molar-refractivity contribution is 0.222. The van der Waals surface area contributed by atoms with Gasteiger partial charge < -0.3 is 14.6 Å². The Morgan fingerprint density at radius 1 is 1.30 bits per heavy atom. The summed E-state index contributed by atoms with van der Waals surface area (Å²) < 4.78 is 7.34. The number of aryl methyl sites for hydroxylation is 1. The molecule has 0 unspecified atom stereocenters. The number of hydrogen-bond acceptors (Lipinski definition) is 8. The number of rotatable bonds is 6. The first kappa shape index (κ1) is 14.0. The summed E-state index contributed by atoms with van der Waals surface area (Å²) in [5.74, 6) is 6.79. The molecule has 2 rings (SSSR count). The second-order valence-electron chi connectivity index (χ2n) is 4.38. The van der Waals surface area contributed by atoms with E-state index in [-0.39, 0.29) is 18.1 Å². The van der Waals surface area contributed by atoms with Gasteiger partial charge >= 0.3 is 6.01 Å². The van der Waals surface area contributed by atoms with Crippen LogP contribution in [0.5, 0.6) is 6.01 Å². The monoisotopic (exact) mass is 278 g/mol. The maximum absolute atomic E-state index is 5.44. The summed E-state index contributed by atoms with van der Waals surface area (Å²) in [7, 11) is 1.91. The van der Waals surface area contributed by atoms with Gasteiger partial charge in [-0.15, -0.1) is 0 Å². The van der Waals surface area contributed by atoms with Crippen molar-refractivity contribution in [3.05, 3.63) is 18.2 Å². The molecule has 4 N–H and O–H groups in total. The molecule has 0 bridgehead atoms. The standard InChI is InChI=1S/C11H18N8O/c1-7(2)20-11-16-9(15-10(17-11)18-12)14-6-8-13-4-5-19(8)3/h4-5,7H,6,12H2,1-3H3,(H2,14,15,16,17,18). The van der Waals surface area contributed by atoms with Crippen LogP contribution in [0.4, 0.5) is 11.9 Å². The van der Waals surface area contributed by atoms with Gasteiger partial charge in [-0.1, -0.05) is 0 Å². The molecule has 0 atom stereocenters. The fourth-order valence-electron chi connectivity index (χ4n) is 1.49. The van der Waals surface area contributed by atoms with Crippen LogP contribution in [0.2, 0.25) is 0 Å². The minimum absolute atomic E-state index is 0.0367. The first-order valence-corrected chi connectivity index (χ1v) is 6.18. The third kappa shape index (κ3) is 3.54. The molecule has 9 heteroatoms. The summed E-state index contributed by atoms with van der Waals surface area (Å²) in [6, 6.07) is 0.213. The normalized spacial score (nSPS) is 10.7. The van der Waals surface area contributed by atoms with Gasteiger partial charge in [0.2, 0.25) is 11.9 Å². The van der Waals surface area contributed by atoms with Crippen LogP contribution in [-0.2, 0) is 13.6 Å². The Morgan fingerprint density at radius 2 is 2.05 bits per heavy atom. The molecule has 0 saturated heterocycles. The average Bonchev–Trinajstić information content (AvgIpc) is 2.81. The van der Waals surface area contributed by atoms with Crippen LogP contribution in [0.15, 0.2) is 12.4 Å². The number of hydrazine groups is 1. The van der Waals surface area contributed by atoms with Gasteiger partial charge in [-0.3, -0.25) is 5.43 Å². The Labute approximate surface area is 116 Å². The van der Waals surface area contributed by atoms with Gasteiger partial charge in [0.05, 0.1) is 12.6 Å². The first-order chi connectivity index (χ1) is 9.58. The van der Waals surface area contributed by atoms with Crippen molar-refractivity contribution in [1.82, 2.24) is 24.5 Å². The second-order valence-corrected chi connectivity index (χ2v) is 4.38. The Kier molecular flexibility index (Phi) is 4.31. The van der Waals surface area contributed by atoms with E-state index in [0.29, 0.717) is 12.5 Å². The van der Waals surface area contributed by atoms with Crippen molar-refractivity contribution in [2.75, 3.05) is 10.7 Å². The van der Waals surface area contributed by atoms with Gasteiger partial charge in [-0.05, 0) is 13.8 Å². The van der Waals surface area contributed by atoms with Crippen molar-refractivity contribution in [2.45, 2.75) is 26.5 Å². The second kappa shape index (κ2) is 6.15. The number of nitrogen functional groups attached to an aromatic ring is 1. The van der Waals surface area contributed by atoms with Crippen molar-refractivity contribution >= 4 is 11.9 Å². The lowest BCUT2D eigenvalue weighted by Crippen LogP contribution is -2.16. The molecular weight excluding hydrogens is 260 g/mol.